The molecule has 160 valence electrons. The third-order valence-corrected chi connectivity index (χ3v) is 5.78. The molecule has 3 rings (SSSR count). The summed E-state index contributed by atoms with van der Waals surface area (Å²) in [7, 11) is 0. The van der Waals surface area contributed by atoms with Crippen LogP contribution in [0.5, 0.6) is 11.5 Å². The molecule has 1 saturated carbocycles. The molecule has 0 unspecified atom stereocenters. The Labute approximate surface area is 180 Å². The van der Waals surface area contributed by atoms with E-state index in [-0.39, 0.29) is 23.2 Å². The minimum Gasteiger partial charge on any atom is -0.507 e. The minimum atomic E-state index is -0.133. The lowest BCUT2D eigenvalue weighted by molar-refractivity contribution is 0.390. The summed E-state index contributed by atoms with van der Waals surface area (Å²) >= 11 is 0. The summed E-state index contributed by atoms with van der Waals surface area (Å²) in [5.74, 6) is 0.567. The maximum atomic E-state index is 10.8. The predicted molar refractivity (Wildman–Crippen MR) is 126 cm³/mol. The highest BCUT2D eigenvalue weighted by Gasteiger charge is 2.24. The van der Waals surface area contributed by atoms with Gasteiger partial charge >= 0.3 is 0 Å². The monoisotopic (exact) mass is 406 g/mol. The lowest BCUT2D eigenvalue weighted by Crippen LogP contribution is -2.27. The first-order chi connectivity index (χ1) is 14.1. The summed E-state index contributed by atoms with van der Waals surface area (Å²) < 4.78 is 0. The summed E-state index contributed by atoms with van der Waals surface area (Å²) in [5, 5.41) is 20.9. The van der Waals surface area contributed by atoms with E-state index in [9.17, 15) is 10.2 Å². The zero-order valence-electron chi connectivity index (χ0n) is 18.8. The predicted octanol–water partition coefficient (Wildman–Crippen LogP) is 5.86. The van der Waals surface area contributed by atoms with Gasteiger partial charge in [-0.25, -0.2) is 0 Å². The quantitative estimate of drug-likeness (QED) is 0.625. The standard InChI is InChI=1S/C26H34N2O2/c1-17-10-11-24(29)19(12-17)15-27-22-8-6-7-9-23(22)28-16-20-13-18(2)14-21(25(20)30)26(3,4)5/h10-16,22-23,29-30H,6-9H2,1-5H3/t22-,23-/m0/s1. The zero-order valence-corrected chi connectivity index (χ0v) is 18.8. The fourth-order valence-corrected chi connectivity index (χ4v) is 4.05. The van der Waals surface area contributed by atoms with Crippen LogP contribution in [0.4, 0.5) is 0 Å². The van der Waals surface area contributed by atoms with E-state index < -0.39 is 0 Å². The fraction of sp³-hybridized carbons (Fsp3) is 0.462. The number of hydrogen-bond acceptors (Lipinski definition) is 4. The van der Waals surface area contributed by atoms with E-state index in [0.29, 0.717) is 5.75 Å². The first-order valence-electron chi connectivity index (χ1n) is 10.8. The molecule has 0 amide bonds. The van der Waals surface area contributed by atoms with Crippen molar-refractivity contribution in [2.75, 3.05) is 0 Å². The number of phenols is 2. The van der Waals surface area contributed by atoms with Crippen LogP contribution in [-0.2, 0) is 5.41 Å². The molecule has 0 saturated heterocycles. The van der Waals surface area contributed by atoms with Crippen molar-refractivity contribution in [1.29, 1.82) is 0 Å². The Morgan fingerprint density at radius 2 is 1.40 bits per heavy atom. The molecule has 1 aliphatic rings. The molecule has 0 aromatic heterocycles. The molecule has 30 heavy (non-hydrogen) atoms. The Morgan fingerprint density at radius 3 is 2.00 bits per heavy atom. The third-order valence-electron chi connectivity index (χ3n) is 5.78. The van der Waals surface area contributed by atoms with Crippen molar-refractivity contribution >= 4 is 12.4 Å². The van der Waals surface area contributed by atoms with Gasteiger partial charge in [-0.3, -0.25) is 9.98 Å². The van der Waals surface area contributed by atoms with Crippen molar-refractivity contribution in [3.8, 4) is 11.5 Å². The van der Waals surface area contributed by atoms with Gasteiger partial charge in [0.2, 0.25) is 0 Å². The number of phenolic OH excluding ortho intramolecular Hbond substituents is 2. The van der Waals surface area contributed by atoms with Crippen molar-refractivity contribution in [3.05, 3.63) is 58.1 Å². The average Bonchev–Trinajstić information content (AvgIpc) is 2.69. The molecule has 0 heterocycles. The third kappa shape index (κ3) is 5.29. The normalized spacial score (nSPS) is 20.3. The first kappa shape index (κ1) is 22.1. The summed E-state index contributed by atoms with van der Waals surface area (Å²) in [6.07, 6.45) is 7.84. The maximum Gasteiger partial charge on any atom is 0.128 e. The number of rotatable bonds is 4. The Morgan fingerprint density at radius 1 is 0.833 bits per heavy atom. The van der Waals surface area contributed by atoms with Crippen molar-refractivity contribution < 1.29 is 10.2 Å². The summed E-state index contributed by atoms with van der Waals surface area (Å²) in [6, 6.07) is 9.75. The molecule has 2 aromatic rings. The molecule has 2 N–H and O–H groups in total. The van der Waals surface area contributed by atoms with Crippen LogP contribution in [0.1, 0.15) is 74.3 Å². The van der Waals surface area contributed by atoms with Crippen LogP contribution >= 0.6 is 0 Å². The summed E-state index contributed by atoms with van der Waals surface area (Å²) in [5.41, 5.74) is 4.53. The van der Waals surface area contributed by atoms with Crippen molar-refractivity contribution in [3.63, 3.8) is 0 Å². The first-order valence-corrected chi connectivity index (χ1v) is 10.8. The van der Waals surface area contributed by atoms with Gasteiger partial charge in [0.25, 0.3) is 0 Å². The molecule has 0 aliphatic heterocycles. The molecular weight excluding hydrogens is 372 g/mol. The molecule has 0 spiro atoms. The number of aromatic hydroxyl groups is 2. The zero-order chi connectivity index (χ0) is 21.9. The van der Waals surface area contributed by atoms with Gasteiger partial charge in [0.15, 0.2) is 0 Å². The topological polar surface area (TPSA) is 65.2 Å². The van der Waals surface area contributed by atoms with Gasteiger partial charge in [-0.2, -0.15) is 0 Å². The van der Waals surface area contributed by atoms with E-state index in [2.05, 4.69) is 26.8 Å². The van der Waals surface area contributed by atoms with Crippen LogP contribution in [0.25, 0.3) is 0 Å². The summed E-state index contributed by atoms with van der Waals surface area (Å²) in [4.78, 5) is 9.64. The average molecular weight is 407 g/mol. The molecule has 2 aromatic carbocycles. The Hall–Kier alpha value is -2.62. The van der Waals surface area contributed by atoms with E-state index in [1.807, 2.05) is 38.3 Å². The Balaban J connectivity index is 1.84. The van der Waals surface area contributed by atoms with Gasteiger partial charge in [-0.1, -0.05) is 51.3 Å². The van der Waals surface area contributed by atoms with Crippen molar-refractivity contribution in [2.24, 2.45) is 9.98 Å². The molecule has 4 heteroatoms. The minimum absolute atomic E-state index is 0.0833. The van der Waals surface area contributed by atoms with Crippen LogP contribution in [0.3, 0.4) is 0 Å². The van der Waals surface area contributed by atoms with Crippen LogP contribution in [0.15, 0.2) is 40.3 Å². The highest BCUT2D eigenvalue weighted by atomic mass is 16.3. The second-order valence-electron chi connectivity index (χ2n) is 9.54. The molecule has 1 aliphatic carbocycles. The van der Waals surface area contributed by atoms with Gasteiger partial charge in [0.1, 0.15) is 11.5 Å². The highest BCUT2D eigenvalue weighted by molar-refractivity contribution is 5.85. The molecule has 0 radical (unpaired) electrons. The van der Waals surface area contributed by atoms with Crippen LogP contribution < -0.4 is 0 Å². The van der Waals surface area contributed by atoms with Crippen molar-refractivity contribution in [1.82, 2.24) is 0 Å². The maximum absolute atomic E-state index is 10.8. The Bertz CT molecular complexity index is 954. The van der Waals surface area contributed by atoms with Gasteiger partial charge < -0.3 is 10.2 Å². The number of benzene rings is 2. The van der Waals surface area contributed by atoms with Gasteiger partial charge in [0, 0.05) is 29.1 Å². The van der Waals surface area contributed by atoms with Crippen LogP contribution in [0.2, 0.25) is 0 Å². The second-order valence-corrected chi connectivity index (χ2v) is 9.54. The number of hydrogen-bond donors (Lipinski definition) is 2. The number of aliphatic imine (C=N–C) groups is 2. The molecule has 4 nitrogen and oxygen atoms in total. The van der Waals surface area contributed by atoms with E-state index >= 15 is 0 Å². The summed E-state index contributed by atoms with van der Waals surface area (Å²) in [6.45, 7) is 10.4. The molecular formula is C26H34N2O2. The smallest absolute Gasteiger partial charge is 0.128 e. The van der Waals surface area contributed by atoms with Crippen LogP contribution in [0, 0.1) is 13.8 Å². The molecule has 0 bridgehead atoms. The lowest BCUT2D eigenvalue weighted by atomic mass is 9.84. The van der Waals surface area contributed by atoms with Gasteiger partial charge in [-0.15, -0.1) is 0 Å². The fourth-order valence-electron chi connectivity index (χ4n) is 4.05. The lowest BCUT2D eigenvalue weighted by Gasteiger charge is -2.26. The van der Waals surface area contributed by atoms with Crippen molar-refractivity contribution in [2.45, 2.75) is 77.8 Å². The second kappa shape index (κ2) is 9.03. The molecule has 1 fully saturated rings. The van der Waals surface area contributed by atoms with E-state index in [1.165, 1.54) is 0 Å². The Kier molecular flexibility index (Phi) is 6.64. The van der Waals surface area contributed by atoms with E-state index in [1.54, 1.807) is 12.3 Å². The van der Waals surface area contributed by atoms with Gasteiger partial charge in [0.05, 0.1) is 12.1 Å². The highest BCUT2D eigenvalue weighted by Crippen LogP contribution is 2.34. The SMILES string of the molecule is Cc1ccc(O)c(C=N[C@H]2CCCC[C@@H]2N=Cc2cc(C)cc(C(C)(C)C)c2O)c1. The van der Waals surface area contributed by atoms with Gasteiger partial charge in [-0.05, 0) is 55.9 Å². The molecule has 2 atom stereocenters. The van der Waals surface area contributed by atoms with E-state index in [4.69, 9.17) is 9.98 Å². The number of nitrogens with zero attached hydrogens (tertiary/aromatic N) is 2. The largest absolute Gasteiger partial charge is 0.507 e. The van der Waals surface area contributed by atoms with E-state index in [0.717, 1.165) is 53.5 Å². The van der Waals surface area contributed by atoms with Crippen LogP contribution in [-0.4, -0.2) is 34.7 Å². The number of aryl methyl sites for hydroxylation is 2.